The molecule has 6 nitrogen and oxygen atoms in total. The summed E-state index contributed by atoms with van der Waals surface area (Å²) in [6, 6.07) is 8.30. The maximum atomic E-state index is 11.7. The SMILES string of the molecule is CC(C)(C)OC(=O)NC1CC(C(=O)O)(c2ccc(C#N)cc2)C1. The topological polar surface area (TPSA) is 99.4 Å². The zero-order valence-corrected chi connectivity index (χ0v) is 13.4. The van der Waals surface area contributed by atoms with Crippen molar-refractivity contribution in [2.45, 2.75) is 50.7 Å². The first-order valence-electron chi connectivity index (χ1n) is 7.40. The van der Waals surface area contributed by atoms with E-state index >= 15 is 0 Å². The van der Waals surface area contributed by atoms with E-state index in [2.05, 4.69) is 5.32 Å². The van der Waals surface area contributed by atoms with Gasteiger partial charge in [-0.2, -0.15) is 5.26 Å². The number of hydrogen-bond donors (Lipinski definition) is 2. The molecule has 0 radical (unpaired) electrons. The Morgan fingerprint density at radius 1 is 1.30 bits per heavy atom. The zero-order valence-electron chi connectivity index (χ0n) is 13.4. The first-order chi connectivity index (χ1) is 10.7. The van der Waals surface area contributed by atoms with Gasteiger partial charge in [-0.05, 0) is 51.3 Å². The van der Waals surface area contributed by atoms with Crippen LogP contribution >= 0.6 is 0 Å². The summed E-state index contributed by atoms with van der Waals surface area (Å²) < 4.78 is 5.18. The standard InChI is InChI=1S/C17H20N2O4/c1-16(2,3)23-15(22)19-13-8-17(9-13,14(20)21)12-6-4-11(10-18)5-7-12/h4-7,13H,8-9H2,1-3H3,(H,19,22)(H,20,21). The van der Waals surface area contributed by atoms with Crippen molar-refractivity contribution >= 4 is 12.1 Å². The van der Waals surface area contributed by atoms with Gasteiger partial charge in [0.2, 0.25) is 0 Å². The van der Waals surface area contributed by atoms with Crippen LogP contribution in [0.25, 0.3) is 0 Å². The fourth-order valence-corrected chi connectivity index (χ4v) is 2.76. The first kappa shape index (κ1) is 16.8. The van der Waals surface area contributed by atoms with E-state index in [0.29, 0.717) is 24.0 Å². The van der Waals surface area contributed by atoms with Gasteiger partial charge >= 0.3 is 12.1 Å². The van der Waals surface area contributed by atoms with Gasteiger partial charge in [0.25, 0.3) is 0 Å². The predicted octanol–water partition coefficient (Wildman–Crippen LogP) is 2.57. The van der Waals surface area contributed by atoms with E-state index < -0.39 is 23.1 Å². The minimum Gasteiger partial charge on any atom is -0.481 e. The number of alkyl carbamates (subject to hydrolysis) is 1. The molecule has 1 saturated carbocycles. The number of aliphatic carboxylic acids is 1. The second kappa shape index (κ2) is 5.92. The number of carbonyl (C=O) groups excluding carboxylic acids is 1. The highest BCUT2D eigenvalue weighted by Crippen LogP contribution is 2.44. The van der Waals surface area contributed by atoms with Gasteiger partial charge in [0.15, 0.2) is 0 Å². The third-order valence-electron chi connectivity index (χ3n) is 3.89. The normalized spacial score (nSPS) is 23.3. The Hall–Kier alpha value is -2.55. The van der Waals surface area contributed by atoms with E-state index in [1.165, 1.54) is 0 Å². The average Bonchev–Trinajstić information content (AvgIpc) is 2.40. The van der Waals surface area contributed by atoms with E-state index in [1.54, 1.807) is 45.0 Å². The summed E-state index contributed by atoms with van der Waals surface area (Å²) in [6.45, 7) is 5.31. The van der Waals surface area contributed by atoms with Crippen molar-refractivity contribution in [2.24, 2.45) is 0 Å². The molecule has 2 N–H and O–H groups in total. The van der Waals surface area contributed by atoms with Crippen LogP contribution in [-0.2, 0) is 14.9 Å². The Bertz CT molecular complexity index is 647. The lowest BCUT2D eigenvalue weighted by Crippen LogP contribution is -2.57. The third kappa shape index (κ3) is 3.62. The third-order valence-corrected chi connectivity index (χ3v) is 3.89. The number of benzene rings is 1. The van der Waals surface area contributed by atoms with Crippen molar-refractivity contribution < 1.29 is 19.4 Å². The fourth-order valence-electron chi connectivity index (χ4n) is 2.76. The van der Waals surface area contributed by atoms with Crippen LogP contribution in [0.3, 0.4) is 0 Å². The Labute approximate surface area is 135 Å². The van der Waals surface area contributed by atoms with Crippen molar-refractivity contribution in [3.63, 3.8) is 0 Å². The minimum absolute atomic E-state index is 0.239. The van der Waals surface area contributed by atoms with E-state index in [1.807, 2.05) is 6.07 Å². The average molecular weight is 316 g/mol. The van der Waals surface area contributed by atoms with Crippen LogP contribution in [0.4, 0.5) is 4.79 Å². The molecule has 1 amide bonds. The molecule has 0 aromatic heterocycles. The maximum Gasteiger partial charge on any atom is 0.407 e. The van der Waals surface area contributed by atoms with Gasteiger partial charge in [0.1, 0.15) is 5.60 Å². The van der Waals surface area contributed by atoms with Crippen LogP contribution in [0, 0.1) is 11.3 Å². The zero-order chi connectivity index (χ0) is 17.3. The van der Waals surface area contributed by atoms with Gasteiger partial charge in [-0.25, -0.2) is 4.79 Å². The second-order valence-electron chi connectivity index (χ2n) is 6.83. The van der Waals surface area contributed by atoms with Crippen LogP contribution in [0.2, 0.25) is 0 Å². The molecule has 0 spiro atoms. The maximum absolute atomic E-state index is 11.7. The monoisotopic (exact) mass is 316 g/mol. The molecule has 0 unspecified atom stereocenters. The van der Waals surface area contributed by atoms with Gasteiger partial charge in [-0.15, -0.1) is 0 Å². The van der Waals surface area contributed by atoms with Gasteiger partial charge in [-0.3, -0.25) is 4.79 Å². The molecule has 6 heteroatoms. The number of hydrogen-bond acceptors (Lipinski definition) is 4. The highest BCUT2D eigenvalue weighted by atomic mass is 16.6. The molecule has 1 fully saturated rings. The van der Waals surface area contributed by atoms with Gasteiger partial charge in [-0.1, -0.05) is 12.1 Å². The lowest BCUT2D eigenvalue weighted by Gasteiger charge is -2.44. The van der Waals surface area contributed by atoms with Crippen LogP contribution in [0.15, 0.2) is 24.3 Å². The summed E-state index contributed by atoms with van der Waals surface area (Å²) in [5, 5.41) is 21.1. The lowest BCUT2D eigenvalue weighted by molar-refractivity contribution is -0.148. The molecule has 1 aliphatic carbocycles. The van der Waals surface area contributed by atoms with Crippen molar-refractivity contribution in [3.05, 3.63) is 35.4 Å². The molecule has 0 bridgehead atoms. The quantitative estimate of drug-likeness (QED) is 0.892. The minimum atomic E-state index is -1.02. The summed E-state index contributed by atoms with van der Waals surface area (Å²) in [4.78, 5) is 23.5. The number of carboxylic acid groups (broad SMARTS) is 1. The largest absolute Gasteiger partial charge is 0.481 e. The highest BCUT2D eigenvalue weighted by Gasteiger charge is 2.52. The number of nitrogens with zero attached hydrogens (tertiary/aromatic N) is 1. The van der Waals surface area contributed by atoms with E-state index in [4.69, 9.17) is 10.00 Å². The Morgan fingerprint density at radius 3 is 2.30 bits per heavy atom. The molecule has 1 aromatic carbocycles. The van der Waals surface area contributed by atoms with Crippen LogP contribution < -0.4 is 5.32 Å². The van der Waals surface area contributed by atoms with E-state index in [0.717, 1.165) is 0 Å². The molecule has 0 heterocycles. The van der Waals surface area contributed by atoms with Crippen LogP contribution in [0.5, 0.6) is 0 Å². The Morgan fingerprint density at radius 2 is 1.87 bits per heavy atom. The number of carboxylic acids is 1. The van der Waals surface area contributed by atoms with E-state index in [-0.39, 0.29) is 6.04 Å². The lowest BCUT2D eigenvalue weighted by atomic mass is 9.61. The van der Waals surface area contributed by atoms with Crippen LogP contribution in [-0.4, -0.2) is 28.8 Å². The highest BCUT2D eigenvalue weighted by molar-refractivity contribution is 5.83. The molecule has 1 aromatic rings. The first-order valence-corrected chi connectivity index (χ1v) is 7.40. The number of rotatable bonds is 3. The number of carbonyl (C=O) groups is 2. The number of amides is 1. The fraction of sp³-hybridized carbons (Fsp3) is 0.471. The molecule has 23 heavy (non-hydrogen) atoms. The predicted molar refractivity (Wildman–Crippen MR) is 82.9 cm³/mol. The summed E-state index contributed by atoms with van der Waals surface area (Å²) >= 11 is 0. The van der Waals surface area contributed by atoms with E-state index in [9.17, 15) is 14.7 Å². The van der Waals surface area contributed by atoms with Crippen molar-refractivity contribution in [1.82, 2.24) is 5.32 Å². The van der Waals surface area contributed by atoms with Crippen LogP contribution in [0.1, 0.15) is 44.7 Å². The molecule has 0 atom stereocenters. The Kier molecular flexibility index (Phi) is 4.33. The summed E-state index contributed by atoms with van der Waals surface area (Å²) in [6.07, 6.45) is 0.0577. The molecular weight excluding hydrogens is 296 g/mol. The molecule has 0 saturated heterocycles. The summed E-state index contributed by atoms with van der Waals surface area (Å²) in [7, 11) is 0. The summed E-state index contributed by atoms with van der Waals surface area (Å²) in [5.41, 5.74) is -0.485. The number of nitriles is 1. The molecule has 2 rings (SSSR count). The van der Waals surface area contributed by atoms with Crippen molar-refractivity contribution in [1.29, 1.82) is 5.26 Å². The summed E-state index contributed by atoms with van der Waals surface area (Å²) in [5.74, 6) is -0.926. The van der Waals surface area contributed by atoms with Gasteiger partial charge in [0, 0.05) is 6.04 Å². The van der Waals surface area contributed by atoms with Crippen molar-refractivity contribution in [2.75, 3.05) is 0 Å². The second-order valence-corrected chi connectivity index (χ2v) is 6.83. The van der Waals surface area contributed by atoms with Gasteiger partial charge in [0.05, 0.1) is 17.0 Å². The Balaban J connectivity index is 2.05. The van der Waals surface area contributed by atoms with Gasteiger partial charge < -0.3 is 15.2 Å². The molecule has 0 aliphatic heterocycles. The molecule has 1 aliphatic rings. The molecular formula is C17H20N2O4. The van der Waals surface area contributed by atoms with Crippen molar-refractivity contribution in [3.8, 4) is 6.07 Å². The number of ether oxygens (including phenoxy) is 1. The smallest absolute Gasteiger partial charge is 0.407 e. The molecule has 122 valence electrons. The number of nitrogens with one attached hydrogen (secondary N) is 1.